The van der Waals surface area contributed by atoms with Crippen LogP contribution in [0.3, 0.4) is 0 Å². The van der Waals surface area contributed by atoms with Crippen LogP contribution in [-0.4, -0.2) is 34.6 Å². The summed E-state index contributed by atoms with van der Waals surface area (Å²) in [6.45, 7) is 3.39. The van der Waals surface area contributed by atoms with Gasteiger partial charge in [0.1, 0.15) is 17.9 Å². The first-order valence-electron chi connectivity index (χ1n) is 12.2. The van der Waals surface area contributed by atoms with E-state index in [0.717, 1.165) is 42.2 Å². The van der Waals surface area contributed by atoms with Gasteiger partial charge in [0.2, 0.25) is 5.91 Å². The van der Waals surface area contributed by atoms with Crippen molar-refractivity contribution in [2.45, 2.75) is 57.7 Å². The minimum absolute atomic E-state index is 0.0154. The average molecular weight is 462 g/mol. The maximum Gasteiger partial charge on any atom is 0.340 e. The molecule has 1 aliphatic heterocycles. The fraction of sp³-hybridized carbons (Fsp3) is 0.429. The van der Waals surface area contributed by atoms with Crippen molar-refractivity contribution in [1.82, 2.24) is 4.90 Å². The number of nitrogens with zero attached hydrogens (tertiary/aromatic N) is 1. The van der Waals surface area contributed by atoms with Gasteiger partial charge in [0, 0.05) is 30.5 Å². The predicted molar refractivity (Wildman–Crippen MR) is 130 cm³/mol. The molecule has 1 N–H and O–H groups in total. The zero-order chi connectivity index (χ0) is 23.7. The van der Waals surface area contributed by atoms with Gasteiger partial charge >= 0.3 is 5.63 Å². The number of hydrogen-bond acceptors (Lipinski definition) is 5. The van der Waals surface area contributed by atoms with Gasteiger partial charge in [0.15, 0.2) is 0 Å². The van der Waals surface area contributed by atoms with Gasteiger partial charge in [0.05, 0.1) is 17.6 Å². The van der Waals surface area contributed by atoms with Crippen LogP contribution in [0.25, 0.3) is 11.0 Å². The molecule has 6 heteroatoms. The number of benzene rings is 2. The van der Waals surface area contributed by atoms with Crippen LogP contribution in [0.15, 0.2) is 57.7 Å². The fourth-order valence-electron chi connectivity index (χ4n) is 5.47. The highest BCUT2D eigenvalue weighted by Crippen LogP contribution is 2.40. The zero-order valence-electron chi connectivity index (χ0n) is 19.6. The van der Waals surface area contributed by atoms with Crippen LogP contribution in [0, 0.1) is 12.8 Å². The van der Waals surface area contributed by atoms with Crippen LogP contribution in [0.4, 0.5) is 0 Å². The van der Waals surface area contributed by atoms with Crippen molar-refractivity contribution in [1.29, 1.82) is 0 Å². The molecule has 1 aromatic heterocycles. The SMILES string of the molecule is Cc1c(CC(=O)N2CC[C@@]3(O)CCCC[C@@H]3C2)c(=O)oc2cc(OCc3ccccc3)ccc12. The molecule has 1 aliphatic carbocycles. The second-order valence-electron chi connectivity index (χ2n) is 9.74. The number of piperidine rings is 1. The third kappa shape index (κ3) is 4.47. The van der Waals surface area contributed by atoms with Crippen LogP contribution in [-0.2, 0) is 17.8 Å². The van der Waals surface area contributed by atoms with Crippen molar-refractivity contribution in [3.8, 4) is 5.75 Å². The highest BCUT2D eigenvalue weighted by molar-refractivity contribution is 5.85. The minimum atomic E-state index is -0.632. The molecule has 2 aromatic carbocycles. The molecule has 2 atom stereocenters. The number of amides is 1. The van der Waals surface area contributed by atoms with Crippen molar-refractivity contribution < 1.29 is 19.1 Å². The Bertz CT molecular complexity index is 1250. The van der Waals surface area contributed by atoms with Crippen LogP contribution < -0.4 is 10.4 Å². The number of fused-ring (bicyclic) bond motifs is 2. The lowest BCUT2D eigenvalue weighted by atomic mass is 9.71. The lowest BCUT2D eigenvalue weighted by molar-refractivity contribution is -0.142. The predicted octanol–water partition coefficient (Wildman–Crippen LogP) is 4.38. The van der Waals surface area contributed by atoms with Gasteiger partial charge in [-0.25, -0.2) is 4.79 Å². The molecule has 3 aromatic rings. The largest absolute Gasteiger partial charge is 0.489 e. The number of likely N-dealkylation sites (tertiary alicyclic amines) is 1. The first-order valence-corrected chi connectivity index (χ1v) is 12.2. The molecule has 2 fully saturated rings. The summed E-state index contributed by atoms with van der Waals surface area (Å²) in [5.41, 5.74) is 1.56. The van der Waals surface area contributed by atoms with Crippen molar-refractivity contribution in [3.63, 3.8) is 0 Å². The summed E-state index contributed by atoms with van der Waals surface area (Å²) < 4.78 is 11.5. The van der Waals surface area contributed by atoms with Gasteiger partial charge in [-0.2, -0.15) is 0 Å². The third-order valence-electron chi connectivity index (χ3n) is 7.62. The van der Waals surface area contributed by atoms with E-state index >= 15 is 0 Å². The van der Waals surface area contributed by atoms with Crippen LogP contribution in [0.5, 0.6) is 5.75 Å². The van der Waals surface area contributed by atoms with E-state index in [1.165, 1.54) is 0 Å². The Morgan fingerprint density at radius 3 is 2.82 bits per heavy atom. The van der Waals surface area contributed by atoms with Crippen molar-refractivity contribution in [2.24, 2.45) is 5.92 Å². The lowest BCUT2D eigenvalue weighted by Gasteiger charge is -2.47. The summed E-state index contributed by atoms with van der Waals surface area (Å²) >= 11 is 0. The molecule has 1 saturated carbocycles. The van der Waals surface area contributed by atoms with Gasteiger partial charge in [-0.05, 0) is 49.4 Å². The van der Waals surface area contributed by atoms with Gasteiger partial charge in [-0.1, -0.05) is 43.2 Å². The van der Waals surface area contributed by atoms with E-state index in [9.17, 15) is 14.7 Å². The van der Waals surface area contributed by atoms with E-state index in [0.29, 0.717) is 43.0 Å². The van der Waals surface area contributed by atoms with Gasteiger partial charge < -0.3 is 19.2 Å². The second kappa shape index (κ2) is 9.26. The Balaban J connectivity index is 1.31. The van der Waals surface area contributed by atoms with E-state index in [2.05, 4.69) is 0 Å². The summed E-state index contributed by atoms with van der Waals surface area (Å²) in [6, 6.07) is 15.3. The Hall–Kier alpha value is -3.12. The van der Waals surface area contributed by atoms with Crippen LogP contribution in [0.1, 0.15) is 48.8 Å². The van der Waals surface area contributed by atoms with Gasteiger partial charge in [0.25, 0.3) is 0 Å². The Labute approximate surface area is 199 Å². The molecule has 0 bridgehead atoms. The number of hydrogen-bond donors (Lipinski definition) is 1. The first kappa shape index (κ1) is 22.7. The first-order chi connectivity index (χ1) is 16.4. The maximum absolute atomic E-state index is 13.1. The lowest BCUT2D eigenvalue weighted by Crippen LogP contribution is -2.55. The summed E-state index contributed by atoms with van der Waals surface area (Å²) in [4.78, 5) is 27.7. The number of aryl methyl sites for hydroxylation is 1. The van der Waals surface area contributed by atoms with Crippen LogP contribution >= 0.6 is 0 Å². The minimum Gasteiger partial charge on any atom is -0.489 e. The highest BCUT2D eigenvalue weighted by Gasteiger charge is 2.43. The van der Waals surface area contributed by atoms with E-state index in [1.54, 1.807) is 6.07 Å². The molecule has 0 spiro atoms. The number of rotatable bonds is 5. The second-order valence-corrected chi connectivity index (χ2v) is 9.74. The molecule has 34 heavy (non-hydrogen) atoms. The Morgan fingerprint density at radius 2 is 2.00 bits per heavy atom. The number of carbonyl (C=O) groups excluding carboxylic acids is 1. The molecule has 1 amide bonds. The van der Waals surface area contributed by atoms with Crippen molar-refractivity contribution >= 4 is 16.9 Å². The molecule has 6 nitrogen and oxygen atoms in total. The van der Waals surface area contributed by atoms with E-state index in [4.69, 9.17) is 9.15 Å². The Morgan fingerprint density at radius 1 is 1.18 bits per heavy atom. The fourth-order valence-corrected chi connectivity index (χ4v) is 5.47. The number of ether oxygens (including phenoxy) is 1. The molecule has 0 radical (unpaired) electrons. The zero-order valence-corrected chi connectivity index (χ0v) is 19.6. The molecular formula is C28H31NO5. The topological polar surface area (TPSA) is 80.0 Å². The van der Waals surface area contributed by atoms with E-state index < -0.39 is 11.2 Å². The summed E-state index contributed by atoms with van der Waals surface area (Å²) in [6.07, 6.45) is 4.55. The van der Waals surface area contributed by atoms with Crippen molar-refractivity contribution in [3.05, 3.63) is 75.6 Å². The molecule has 0 unspecified atom stereocenters. The maximum atomic E-state index is 13.1. The van der Waals surface area contributed by atoms with Gasteiger partial charge in [-0.15, -0.1) is 0 Å². The van der Waals surface area contributed by atoms with Crippen LogP contribution in [0.2, 0.25) is 0 Å². The number of carbonyl (C=O) groups is 1. The van der Waals surface area contributed by atoms with E-state index in [1.807, 2.05) is 54.3 Å². The molecule has 2 heterocycles. The Kier molecular flexibility index (Phi) is 6.17. The molecule has 2 aliphatic rings. The molecule has 1 saturated heterocycles. The van der Waals surface area contributed by atoms with Crippen molar-refractivity contribution in [2.75, 3.05) is 13.1 Å². The molecular weight excluding hydrogens is 430 g/mol. The molecule has 5 rings (SSSR count). The monoisotopic (exact) mass is 461 g/mol. The van der Waals surface area contributed by atoms with Gasteiger partial charge in [-0.3, -0.25) is 4.79 Å². The number of aliphatic hydroxyl groups is 1. The third-order valence-corrected chi connectivity index (χ3v) is 7.62. The smallest absolute Gasteiger partial charge is 0.340 e. The normalized spacial score (nSPS) is 22.4. The summed E-state index contributed by atoms with van der Waals surface area (Å²) in [5.74, 6) is 0.670. The summed E-state index contributed by atoms with van der Waals surface area (Å²) in [7, 11) is 0. The average Bonchev–Trinajstić information content (AvgIpc) is 2.85. The standard InChI is InChI=1S/C28H31NO5/c1-19-23-11-10-22(33-18-20-7-3-2-4-8-20)15-25(23)34-27(31)24(19)16-26(30)29-14-13-28(32)12-6-5-9-21(28)17-29/h2-4,7-8,10-11,15,21,32H,5-6,9,12-14,16-18H2,1H3/t21-,28+/m1/s1. The highest BCUT2D eigenvalue weighted by atomic mass is 16.5. The summed E-state index contributed by atoms with van der Waals surface area (Å²) in [5, 5.41) is 11.7. The van der Waals surface area contributed by atoms with E-state index in [-0.39, 0.29) is 18.2 Å². The molecule has 178 valence electrons. The quantitative estimate of drug-likeness (QED) is 0.571.